The Kier molecular flexibility index (Phi) is 8.57. The van der Waals surface area contributed by atoms with E-state index in [-0.39, 0.29) is 35.4 Å². The molecule has 0 radical (unpaired) electrons. The summed E-state index contributed by atoms with van der Waals surface area (Å²) in [5.41, 5.74) is 2.17. The average Bonchev–Trinajstić information content (AvgIpc) is 3.59. The van der Waals surface area contributed by atoms with Crippen molar-refractivity contribution in [2.45, 2.75) is 71.0 Å². The molecule has 1 aromatic carbocycles. The topological polar surface area (TPSA) is 95.7 Å². The Morgan fingerprint density at radius 3 is 2.69 bits per heavy atom. The molecule has 0 bridgehead atoms. The van der Waals surface area contributed by atoms with Crippen molar-refractivity contribution >= 4 is 22.9 Å². The van der Waals surface area contributed by atoms with Gasteiger partial charge in [0.25, 0.3) is 0 Å². The van der Waals surface area contributed by atoms with E-state index >= 15 is 0 Å². The van der Waals surface area contributed by atoms with Gasteiger partial charge in [-0.15, -0.1) is 0 Å². The van der Waals surface area contributed by atoms with E-state index in [1.165, 1.54) is 10.9 Å². The van der Waals surface area contributed by atoms with Gasteiger partial charge in [0, 0.05) is 56.0 Å². The van der Waals surface area contributed by atoms with E-state index in [2.05, 4.69) is 44.9 Å². The number of carbonyl (C=O) groups is 2. The summed E-state index contributed by atoms with van der Waals surface area (Å²) < 4.78 is 10.7. The molecule has 2 aliphatic rings. The predicted molar refractivity (Wildman–Crippen MR) is 141 cm³/mol. The zero-order valence-corrected chi connectivity index (χ0v) is 22.1. The highest BCUT2D eigenvalue weighted by atomic mass is 16.5. The zero-order chi connectivity index (χ0) is 25.7. The number of rotatable bonds is 10. The lowest BCUT2D eigenvalue weighted by atomic mass is 9.92. The Hall–Kier alpha value is -2.58. The van der Waals surface area contributed by atoms with Crippen LogP contribution in [0.15, 0.2) is 30.5 Å². The number of ether oxygens (including phenoxy) is 2. The van der Waals surface area contributed by atoms with E-state index < -0.39 is 6.09 Å². The molecule has 1 saturated carbocycles. The van der Waals surface area contributed by atoms with Gasteiger partial charge in [0.15, 0.2) is 0 Å². The van der Waals surface area contributed by atoms with Gasteiger partial charge in [-0.3, -0.25) is 4.79 Å². The van der Waals surface area contributed by atoms with Gasteiger partial charge < -0.3 is 30.0 Å². The van der Waals surface area contributed by atoms with Crippen molar-refractivity contribution < 1.29 is 19.1 Å². The van der Waals surface area contributed by atoms with Crippen LogP contribution < -0.4 is 10.6 Å². The van der Waals surface area contributed by atoms with Crippen molar-refractivity contribution in [1.29, 1.82) is 0 Å². The number of fused-ring (bicyclic) bond motifs is 1. The van der Waals surface area contributed by atoms with E-state index in [1.54, 1.807) is 7.11 Å². The number of aromatic amines is 1. The van der Waals surface area contributed by atoms with Crippen LogP contribution >= 0.6 is 0 Å². The monoisotopic (exact) mass is 498 g/mol. The standard InChI is InChI=1S/C28H42N4O4/c1-28(2,3)18-36-27(34)31-20-14-19(15-29-16-20)26(33)32(21-11-12-21)25(10-7-13-35-4)23-17-30-24-9-6-5-8-22(23)24/h5-6,8-9,17,19-21,25,29-30H,7,10-16,18H2,1-4H3,(H,31,34)/t19-,20+,25?/m0/s1. The van der Waals surface area contributed by atoms with Gasteiger partial charge in [-0.05, 0) is 49.1 Å². The van der Waals surface area contributed by atoms with Crippen LogP contribution in [0.4, 0.5) is 4.79 Å². The Bertz CT molecular complexity index is 1030. The van der Waals surface area contributed by atoms with Gasteiger partial charge in [0.2, 0.25) is 5.91 Å². The fourth-order valence-corrected chi connectivity index (χ4v) is 5.12. The molecule has 1 saturated heterocycles. The van der Waals surface area contributed by atoms with Gasteiger partial charge in [-0.1, -0.05) is 39.0 Å². The Morgan fingerprint density at radius 1 is 1.19 bits per heavy atom. The third kappa shape index (κ3) is 6.79. The van der Waals surface area contributed by atoms with Crippen molar-refractivity contribution in [3.05, 3.63) is 36.0 Å². The van der Waals surface area contributed by atoms with Gasteiger partial charge in [0.1, 0.15) is 0 Å². The van der Waals surface area contributed by atoms with Crippen LogP contribution in [0, 0.1) is 11.3 Å². The summed E-state index contributed by atoms with van der Waals surface area (Å²) in [5, 5.41) is 7.50. The number of nitrogens with zero attached hydrogens (tertiary/aromatic N) is 1. The normalized spacial score (nSPS) is 21.2. The van der Waals surface area contributed by atoms with E-state index in [0.717, 1.165) is 31.2 Å². The first-order chi connectivity index (χ1) is 17.3. The lowest BCUT2D eigenvalue weighted by Gasteiger charge is -2.38. The second-order valence-corrected chi connectivity index (χ2v) is 11.5. The predicted octanol–water partition coefficient (Wildman–Crippen LogP) is 4.38. The molecule has 1 aliphatic carbocycles. The van der Waals surface area contributed by atoms with Crippen LogP contribution in [-0.2, 0) is 14.3 Å². The smallest absolute Gasteiger partial charge is 0.407 e. The molecule has 2 aromatic rings. The maximum absolute atomic E-state index is 14.1. The molecule has 2 fully saturated rings. The summed E-state index contributed by atoms with van der Waals surface area (Å²) in [5.74, 6) is -0.0188. The maximum Gasteiger partial charge on any atom is 0.407 e. The highest BCUT2D eigenvalue weighted by molar-refractivity contribution is 5.85. The summed E-state index contributed by atoms with van der Waals surface area (Å²) in [6.07, 6.45) is 6.06. The third-order valence-electron chi connectivity index (χ3n) is 6.99. The number of aromatic nitrogens is 1. The minimum Gasteiger partial charge on any atom is -0.449 e. The van der Waals surface area contributed by atoms with Crippen LogP contribution in [0.2, 0.25) is 0 Å². The molecule has 1 unspecified atom stereocenters. The number of nitrogens with one attached hydrogen (secondary N) is 3. The van der Waals surface area contributed by atoms with Crippen molar-refractivity contribution in [2.75, 3.05) is 33.4 Å². The first-order valence-electron chi connectivity index (χ1n) is 13.3. The largest absolute Gasteiger partial charge is 0.449 e. The lowest BCUT2D eigenvalue weighted by molar-refractivity contribution is -0.140. The molecular formula is C28H42N4O4. The number of H-pyrrole nitrogens is 1. The summed E-state index contributed by atoms with van der Waals surface area (Å²) in [6, 6.07) is 8.40. The summed E-state index contributed by atoms with van der Waals surface area (Å²) in [7, 11) is 1.72. The number of piperidine rings is 1. The Labute approximate surface area is 214 Å². The number of amides is 2. The molecule has 0 spiro atoms. The number of carbonyl (C=O) groups excluding carboxylic acids is 2. The van der Waals surface area contributed by atoms with E-state index in [9.17, 15) is 9.59 Å². The molecular weight excluding hydrogens is 456 g/mol. The number of hydrogen-bond acceptors (Lipinski definition) is 5. The average molecular weight is 499 g/mol. The fourth-order valence-electron chi connectivity index (χ4n) is 5.12. The van der Waals surface area contributed by atoms with Gasteiger partial charge in [0.05, 0.1) is 18.6 Å². The van der Waals surface area contributed by atoms with Crippen LogP contribution in [-0.4, -0.2) is 67.4 Å². The minimum absolute atomic E-state index is 0.0126. The molecule has 8 heteroatoms. The number of methoxy groups -OCH3 is 1. The van der Waals surface area contributed by atoms with Gasteiger partial charge >= 0.3 is 6.09 Å². The van der Waals surface area contributed by atoms with E-state index in [1.807, 2.05) is 26.8 Å². The maximum atomic E-state index is 14.1. The number of hydrogen-bond donors (Lipinski definition) is 3. The zero-order valence-electron chi connectivity index (χ0n) is 22.1. The molecule has 4 rings (SSSR count). The van der Waals surface area contributed by atoms with Crippen LogP contribution in [0.3, 0.4) is 0 Å². The Balaban J connectivity index is 1.49. The molecule has 36 heavy (non-hydrogen) atoms. The molecule has 1 aliphatic heterocycles. The van der Waals surface area contributed by atoms with Crippen molar-refractivity contribution in [3.8, 4) is 0 Å². The van der Waals surface area contributed by atoms with E-state index in [4.69, 9.17) is 9.47 Å². The first kappa shape index (κ1) is 26.5. The summed E-state index contributed by atoms with van der Waals surface area (Å²) >= 11 is 0. The number of para-hydroxylation sites is 1. The fraction of sp³-hybridized carbons (Fsp3) is 0.643. The Morgan fingerprint density at radius 2 is 1.97 bits per heavy atom. The van der Waals surface area contributed by atoms with Crippen molar-refractivity contribution in [1.82, 2.24) is 20.5 Å². The van der Waals surface area contributed by atoms with E-state index in [0.29, 0.717) is 32.7 Å². The van der Waals surface area contributed by atoms with Gasteiger partial charge in [-0.25, -0.2) is 4.79 Å². The number of alkyl carbamates (subject to hydrolysis) is 1. The molecule has 2 amide bonds. The molecule has 3 N–H and O–H groups in total. The van der Waals surface area contributed by atoms with Crippen LogP contribution in [0.5, 0.6) is 0 Å². The van der Waals surface area contributed by atoms with Gasteiger partial charge in [-0.2, -0.15) is 0 Å². The minimum atomic E-state index is -0.417. The highest BCUT2D eigenvalue weighted by Crippen LogP contribution is 2.40. The second-order valence-electron chi connectivity index (χ2n) is 11.5. The summed E-state index contributed by atoms with van der Waals surface area (Å²) in [6.45, 7) is 8.36. The first-order valence-corrected chi connectivity index (χ1v) is 13.3. The molecule has 3 atom stereocenters. The number of benzene rings is 1. The lowest BCUT2D eigenvalue weighted by Crippen LogP contribution is -2.53. The van der Waals surface area contributed by atoms with Crippen LogP contribution in [0.1, 0.15) is 64.5 Å². The molecule has 2 heterocycles. The molecule has 198 valence electrons. The van der Waals surface area contributed by atoms with Crippen molar-refractivity contribution in [2.24, 2.45) is 11.3 Å². The highest BCUT2D eigenvalue weighted by Gasteiger charge is 2.42. The van der Waals surface area contributed by atoms with Crippen molar-refractivity contribution in [3.63, 3.8) is 0 Å². The second kappa shape index (κ2) is 11.6. The SMILES string of the molecule is COCCCC(c1c[nH]c2ccccc12)N(C(=O)[C@@H]1CNC[C@H](NC(=O)OCC(C)(C)C)C1)C1CC1. The quantitative estimate of drug-likeness (QED) is 0.423. The summed E-state index contributed by atoms with van der Waals surface area (Å²) in [4.78, 5) is 32.0. The molecule has 1 aromatic heterocycles. The van der Waals surface area contributed by atoms with Crippen LogP contribution in [0.25, 0.3) is 10.9 Å². The third-order valence-corrected chi connectivity index (χ3v) is 6.99. The molecule has 8 nitrogen and oxygen atoms in total.